The van der Waals surface area contributed by atoms with Crippen LogP contribution in [-0.2, 0) is 11.3 Å². The first-order valence-electron chi connectivity index (χ1n) is 12.2. The lowest BCUT2D eigenvalue weighted by Gasteiger charge is -2.26. The number of anilines is 2. The van der Waals surface area contributed by atoms with Crippen molar-refractivity contribution in [1.82, 2.24) is 25.4 Å². The van der Waals surface area contributed by atoms with Crippen LogP contribution < -0.4 is 15.4 Å². The SMILES string of the molecule is Cc1cc(Nc2nncc3cc(C(=O)NCCN4CCOCC4)[nH]c23)ccc1OCc1cccc(F)c1. The number of carbonyl (C=O) groups excluding carboxylic acids is 1. The van der Waals surface area contributed by atoms with E-state index >= 15 is 0 Å². The minimum Gasteiger partial charge on any atom is -0.489 e. The summed E-state index contributed by atoms with van der Waals surface area (Å²) in [6.07, 6.45) is 1.62. The number of amides is 1. The number of H-pyrrole nitrogens is 1. The highest BCUT2D eigenvalue weighted by Crippen LogP contribution is 2.27. The molecule has 3 heterocycles. The number of nitrogens with zero attached hydrogens (tertiary/aromatic N) is 3. The van der Waals surface area contributed by atoms with Gasteiger partial charge in [-0.25, -0.2) is 4.39 Å². The van der Waals surface area contributed by atoms with Gasteiger partial charge in [0.1, 0.15) is 23.9 Å². The zero-order chi connectivity index (χ0) is 25.6. The largest absolute Gasteiger partial charge is 0.489 e. The van der Waals surface area contributed by atoms with Crippen LogP contribution in [0.4, 0.5) is 15.9 Å². The molecule has 10 heteroatoms. The number of nitrogens with one attached hydrogen (secondary N) is 3. The summed E-state index contributed by atoms with van der Waals surface area (Å²) in [6.45, 7) is 6.78. The molecule has 9 nitrogen and oxygen atoms in total. The summed E-state index contributed by atoms with van der Waals surface area (Å²) in [5, 5.41) is 15.3. The van der Waals surface area contributed by atoms with Gasteiger partial charge >= 0.3 is 0 Å². The summed E-state index contributed by atoms with van der Waals surface area (Å²) < 4.78 is 24.6. The number of morpholine rings is 1. The Balaban J connectivity index is 1.22. The van der Waals surface area contributed by atoms with Crippen LogP contribution in [0.2, 0.25) is 0 Å². The van der Waals surface area contributed by atoms with E-state index in [1.165, 1.54) is 12.1 Å². The van der Waals surface area contributed by atoms with Crippen molar-refractivity contribution in [3.63, 3.8) is 0 Å². The molecule has 1 aliphatic heterocycles. The van der Waals surface area contributed by atoms with Crippen molar-refractivity contribution < 1.29 is 18.7 Å². The Morgan fingerprint density at radius 3 is 2.86 bits per heavy atom. The molecule has 37 heavy (non-hydrogen) atoms. The molecule has 2 aromatic heterocycles. The minimum atomic E-state index is -0.286. The van der Waals surface area contributed by atoms with Crippen LogP contribution in [0.15, 0.2) is 54.7 Å². The molecule has 5 rings (SSSR count). The number of aromatic nitrogens is 3. The number of carbonyl (C=O) groups is 1. The maximum Gasteiger partial charge on any atom is 0.267 e. The highest BCUT2D eigenvalue weighted by atomic mass is 19.1. The molecule has 3 N–H and O–H groups in total. The fraction of sp³-hybridized carbons (Fsp3) is 0.296. The molecule has 1 amide bonds. The maximum atomic E-state index is 13.4. The van der Waals surface area contributed by atoms with Gasteiger partial charge in [0.05, 0.1) is 24.9 Å². The van der Waals surface area contributed by atoms with E-state index in [4.69, 9.17) is 9.47 Å². The normalized spacial score (nSPS) is 14.0. The number of benzene rings is 2. The Labute approximate surface area is 214 Å². The van der Waals surface area contributed by atoms with E-state index in [-0.39, 0.29) is 18.3 Å². The average Bonchev–Trinajstić information content (AvgIpc) is 3.35. The first-order chi connectivity index (χ1) is 18.0. The lowest BCUT2D eigenvalue weighted by molar-refractivity contribution is 0.0383. The zero-order valence-corrected chi connectivity index (χ0v) is 20.6. The van der Waals surface area contributed by atoms with E-state index in [0.29, 0.717) is 29.3 Å². The Kier molecular flexibility index (Phi) is 7.57. The quantitative estimate of drug-likeness (QED) is 0.319. The fourth-order valence-electron chi connectivity index (χ4n) is 4.24. The third kappa shape index (κ3) is 6.22. The second-order valence-corrected chi connectivity index (χ2v) is 8.94. The number of hydrogen-bond acceptors (Lipinski definition) is 7. The Morgan fingerprint density at radius 1 is 1.19 bits per heavy atom. The van der Waals surface area contributed by atoms with Gasteiger partial charge in [-0.3, -0.25) is 9.69 Å². The summed E-state index contributed by atoms with van der Waals surface area (Å²) in [5.41, 5.74) is 3.61. The molecule has 4 aromatic rings. The van der Waals surface area contributed by atoms with E-state index in [2.05, 4.69) is 30.7 Å². The van der Waals surface area contributed by atoms with E-state index in [9.17, 15) is 9.18 Å². The predicted octanol–water partition coefficient (Wildman–Crippen LogP) is 3.79. The second-order valence-electron chi connectivity index (χ2n) is 8.94. The standard InChI is InChI=1S/C27H29FN6O3/c1-18-13-22(5-6-24(18)37-17-19-3-2-4-21(28)14-19)31-26-25-20(16-30-33-26)15-23(32-25)27(35)29-7-8-34-9-11-36-12-10-34/h2-6,13-16,32H,7-12,17H2,1H3,(H,29,35)(H,31,33). The van der Waals surface area contributed by atoms with Crippen molar-refractivity contribution in [2.24, 2.45) is 0 Å². The second kappa shape index (κ2) is 11.4. The third-order valence-corrected chi connectivity index (χ3v) is 6.22. The van der Waals surface area contributed by atoms with Crippen LogP contribution in [-0.4, -0.2) is 65.4 Å². The van der Waals surface area contributed by atoms with Gasteiger partial charge in [-0.05, 0) is 54.4 Å². The summed E-state index contributed by atoms with van der Waals surface area (Å²) in [5.74, 6) is 0.754. The van der Waals surface area contributed by atoms with Crippen molar-refractivity contribution in [3.05, 3.63) is 77.4 Å². The lowest BCUT2D eigenvalue weighted by Crippen LogP contribution is -2.41. The Hall–Kier alpha value is -4.02. The van der Waals surface area contributed by atoms with Crippen LogP contribution in [0, 0.1) is 12.7 Å². The third-order valence-electron chi connectivity index (χ3n) is 6.22. The predicted molar refractivity (Wildman–Crippen MR) is 139 cm³/mol. The van der Waals surface area contributed by atoms with Gasteiger partial charge in [-0.2, -0.15) is 5.10 Å². The Bertz CT molecular complexity index is 1390. The molecule has 192 valence electrons. The monoisotopic (exact) mass is 504 g/mol. The number of ether oxygens (including phenoxy) is 2. The number of fused-ring (bicyclic) bond motifs is 1. The van der Waals surface area contributed by atoms with Crippen LogP contribution in [0.25, 0.3) is 10.9 Å². The molecule has 2 aromatic carbocycles. The molecule has 0 saturated carbocycles. The number of rotatable bonds is 9. The summed E-state index contributed by atoms with van der Waals surface area (Å²) in [4.78, 5) is 18.2. The molecular weight excluding hydrogens is 475 g/mol. The first-order valence-corrected chi connectivity index (χ1v) is 12.2. The smallest absolute Gasteiger partial charge is 0.267 e. The van der Waals surface area contributed by atoms with Gasteiger partial charge < -0.3 is 25.1 Å². The van der Waals surface area contributed by atoms with E-state index < -0.39 is 0 Å². The van der Waals surface area contributed by atoms with Gasteiger partial charge in [-0.1, -0.05) is 12.1 Å². The number of hydrogen-bond donors (Lipinski definition) is 3. The summed E-state index contributed by atoms with van der Waals surface area (Å²) in [7, 11) is 0. The van der Waals surface area contributed by atoms with Crippen molar-refractivity contribution in [3.8, 4) is 5.75 Å². The highest BCUT2D eigenvalue weighted by molar-refractivity contribution is 6.00. The van der Waals surface area contributed by atoms with Gasteiger partial charge in [0.2, 0.25) is 0 Å². The molecule has 0 radical (unpaired) electrons. The van der Waals surface area contributed by atoms with Crippen molar-refractivity contribution in [1.29, 1.82) is 0 Å². The zero-order valence-electron chi connectivity index (χ0n) is 20.6. The average molecular weight is 505 g/mol. The van der Waals surface area contributed by atoms with Crippen molar-refractivity contribution in [2.45, 2.75) is 13.5 Å². The van der Waals surface area contributed by atoms with Gasteiger partial charge in [0.15, 0.2) is 5.82 Å². The van der Waals surface area contributed by atoms with Crippen LogP contribution in [0.3, 0.4) is 0 Å². The minimum absolute atomic E-state index is 0.175. The van der Waals surface area contributed by atoms with Gasteiger partial charge in [0.25, 0.3) is 5.91 Å². The molecule has 0 bridgehead atoms. The number of halogens is 1. The number of aromatic amines is 1. The van der Waals surface area contributed by atoms with E-state index in [1.807, 2.05) is 31.2 Å². The van der Waals surface area contributed by atoms with Crippen LogP contribution in [0.1, 0.15) is 21.6 Å². The van der Waals surface area contributed by atoms with E-state index in [1.54, 1.807) is 18.3 Å². The van der Waals surface area contributed by atoms with Gasteiger partial charge in [0, 0.05) is 37.3 Å². The number of aryl methyl sites for hydroxylation is 1. The lowest BCUT2D eigenvalue weighted by atomic mass is 10.2. The van der Waals surface area contributed by atoms with Crippen molar-refractivity contribution >= 4 is 28.3 Å². The molecule has 0 aliphatic carbocycles. The first kappa shape index (κ1) is 24.7. The van der Waals surface area contributed by atoms with E-state index in [0.717, 1.165) is 55.0 Å². The molecular formula is C27H29FN6O3. The molecule has 0 unspecified atom stereocenters. The topological polar surface area (TPSA) is 104 Å². The van der Waals surface area contributed by atoms with Gasteiger partial charge in [-0.15, -0.1) is 5.10 Å². The Morgan fingerprint density at radius 2 is 2.05 bits per heavy atom. The molecule has 0 spiro atoms. The maximum absolute atomic E-state index is 13.4. The molecule has 1 fully saturated rings. The summed E-state index contributed by atoms with van der Waals surface area (Å²) >= 11 is 0. The fourth-order valence-corrected chi connectivity index (χ4v) is 4.24. The highest BCUT2D eigenvalue weighted by Gasteiger charge is 2.15. The van der Waals surface area contributed by atoms with Crippen LogP contribution >= 0.6 is 0 Å². The van der Waals surface area contributed by atoms with Crippen molar-refractivity contribution in [2.75, 3.05) is 44.7 Å². The summed E-state index contributed by atoms with van der Waals surface area (Å²) in [6, 6.07) is 13.8. The molecule has 1 saturated heterocycles. The molecule has 0 atom stereocenters. The van der Waals surface area contributed by atoms with Crippen LogP contribution in [0.5, 0.6) is 5.75 Å². The molecule has 1 aliphatic rings.